The highest BCUT2D eigenvalue weighted by Gasteiger charge is 2.53. The number of nitrogens with one attached hydrogen (secondary N) is 1. The van der Waals surface area contributed by atoms with Crippen LogP contribution in [-0.2, 0) is 0 Å². The molecule has 3 N–H and O–H groups in total. The Hall–Kier alpha value is -1.32. The Morgan fingerprint density at radius 1 is 1.33 bits per heavy atom. The molecule has 4 nitrogen and oxygen atoms in total. The van der Waals surface area contributed by atoms with Gasteiger partial charge in [-0.25, -0.2) is 0 Å². The zero-order valence-corrected chi connectivity index (χ0v) is 8.74. The average Bonchev–Trinajstić information content (AvgIpc) is 3.10. The van der Waals surface area contributed by atoms with Crippen molar-refractivity contribution in [3.05, 3.63) is 12.1 Å². The molecule has 2 aliphatic carbocycles. The van der Waals surface area contributed by atoms with Crippen LogP contribution in [0.3, 0.4) is 0 Å². The van der Waals surface area contributed by atoms with Gasteiger partial charge in [0.05, 0.1) is 0 Å². The molecule has 2 aliphatic rings. The van der Waals surface area contributed by atoms with Crippen molar-refractivity contribution in [3.63, 3.8) is 0 Å². The van der Waals surface area contributed by atoms with Crippen LogP contribution in [-0.4, -0.2) is 16.7 Å². The molecule has 0 unspecified atom stereocenters. The molecule has 0 bridgehead atoms. The molecule has 0 saturated heterocycles. The molecule has 2 fully saturated rings. The molecule has 0 spiro atoms. The summed E-state index contributed by atoms with van der Waals surface area (Å²) >= 11 is 0. The molecule has 1 aromatic rings. The van der Waals surface area contributed by atoms with Gasteiger partial charge in [0, 0.05) is 6.54 Å². The second kappa shape index (κ2) is 3.08. The van der Waals surface area contributed by atoms with Gasteiger partial charge in [-0.1, -0.05) is 0 Å². The number of nitrogens with zero attached hydrogens (tertiary/aromatic N) is 2. The zero-order chi connectivity index (χ0) is 10.3. The minimum absolute atomic E-state index is 0.476. The third-order valence-corrected chi connectivity index (χ3v) is 3.64. The van der Waals surface area contributed by atoms with Gasteiger partial charge >= 0.3 is 0 Å². The van der Waals surface area contributed by atoms with Crippen LogP contribution in [0.15, 0.2) is 12.1 Å². The largest absolute Gasteiger partial charge is 0.382 e. The first kappa shape index (κ1) is 8.95. The normalized spacial score (nSPS) is 22.4. The first-order chi connectivity index (χ1) is 7.28. The van der Waals surface area contributed by atoms with E-state index in [4.69, 9.17) is 5.73 Å². The molecule has 0 aliphatic heterocycles. The average molecular weight is 204 g/mol. The molecule has 0 atom stereocenters. The van der Waals surface area contributed by atoms with E-state index in [1.807, 2.05) is 6.07 Å². The summed E-state index contributed by atoms with van der Waals surface area (Å²) in [6.07, 6.45) is 5.62. The van der Waals surface area contributed by atoms with E-state index in [9.17, 15) is 0 Å². The highest BCUT2D eigenvalue weighted by atomic mass is 15.2. The third kappa shape index (κ3) is 1.76. The van der Waals surface area contributed by atoms with Crippen LogP contribution < -0.4 is 11.1 Å². The maximum absolute atomic E-state index is 5.48. The van der Waals surface area contributed by atoms with Gasteiger partial charge in [0.15, 0.2) is 0 Å². The fraction of sp³-hybridized carbons (Fsp3) is 0.636. The van der Waals surface area contributed by atoms with Crippen LogP contribution in [0.4, 0.5) is 11.6 Å². The van der Waals surface area contributed by atoms with E-state index in [0.717, 1.165) is 18.3 Å². The maximum atomic E-state index is 5.48. The molecule has 3 rings (SSSR count). The molecule has 1 aromatic heterocycles. The quantitative estimate of drug-likeness (QED) is 0.783. The summed E-state index contributed by atoms with van der Waals surface area (Å²) < 4.78 is 0. The van der Waals surface area contributed by atoms with E-state index < -0.39 is 0 Å². The number of anilines is 2. The van der Waals surface area contributed by atoms with Gasteiger partial charge in [-0.15, -0.1) is 10.2 Å². The molecule has 2 saturated carbocycles. The maximum Gasteiger partial charge on any atom is 0.148 e. The molecule has 15 heavy (non-hydrogen) atoms. The van der Waals surface area contributed by atoms with Gasteiger partial charge in [-0.3, -0.25) is 0 Å². The highest BCUT2D eigenvalue weighted by Crippen LogP contribution is 2.61. The number of aromatic nitrogens is 2. The van der Waals surface area contributed by atoms with Crippen LogP contribution in [0.25, 0.3) is 0 Å². The molecule has 0 radical (unpaired) electrons. The van der Waals surface area contributed by atoms with Crippen molar-refractivity contribution in [2.24, 2.45) is 11.3 Å². The van der Waals surface area contributed by atoms with Crippen molar-refractivity contribution >= 4 is 11.6 Å². The summed E-state index contributed by atoms with van der Waals surface area (Å²) in [4.78, 5) is 0. The van der Waals surface area contributed by atoms with Crippen LogP contribution in [0.5, 0.6) is 0 Å². The predicted octanol–water partition coefficient (Wildman–Crippen LogP) is 1.66. The molecule has 1 heterocycles. The van der Waals surface area contributed by atoms with E-state index in [0.29, 0.717) is 11.2 Å². The van der Waals surface area contributed by atoms with Crippen molar-refractivity contribution in [2.45, 2.75) is 25.7 Å². The van der Waals surface area contributed by atoms with E-state index in [1.165, 1.54) is 25.7 Å². The number of rotatable bonds is 4. The Balaban J connectivity index is 1.59. The summed E-state index contributed by atoms with van der Waals surface area (Å²) in [5.74, 6) is 2.30. The van der Waals surface area contributed by atoms with Crippen molar-refractivity contribution in [3.8, 4) is 0 Å². The molecule has 4 heteroatoms. The summed E-state index contributed by atoms with van der Waals surface area (Å²) in [6.45, 7) is 1.05. The lowest BCUT2D eigenvalue weighted by Crippen LogP contribution is -2.18. The molecule has 0 aromatic carbocycles. The van der Waals surface area contributed by atoms with Gasteiger partial charge in [-0.05, 0) is 49.1 Å². The van der Waals surface area contributed by atoms with Gasteiger partial charge in [-0.2, -0.15) is 0 Å². The Labute approximate surface area is 89.3 Å². The molecule has 80 valence electrons. The monoisotopic (exact) mass is 204 g/mol. The van der Waals surface area contributed by atoms with Gasteiger partial charge in [0.2, 0.25) is 0 Å². The summed E-state index contributed by atoms with van der Waals surface area (Å²) in [5.41, 5.74) is 6.08. The van der Waals surface area contributed by atoms with Crippen LogP contribution in [0.2, 0.25) is 0 Å². The third-order valence-electron chi connectivity index (χ3n) is 3.64. The van der Waals surface area contributed by atoms with Gasteiger partial charge in [0.25, 0.3) is 0 Å². The minimum atomic E-state index is 0.476. The smallest absolute Gasteiger partial charge is 0.148 e. The highest BCUT2D eigenvalue weighted by molar-refractivity contribution is 5.39. The van der Waals surface area contributed by atoms with Crippen molar-refractivity contribution in [2.75, 3.05) is 17.6 Å². The number of nitrogens with two attached hydrogens (primary N) is 1. The van der Waals surface area contributed by atoms with Crippen LogP contribution in [0, 0.1) is 11.3 Å². The lowest BCUT2D eigenvalue weighted by atomic mass is 10.0. The standard InChI is InChI=1S/C11H16N4/c12-9-3-4-10(15-14-9)13-7-11(5-6-11)8-1-2-8/h3-4,8H,1-2,5-7H2,(H2,12,14)(H,13,15). The number of nitrogen functional groups attached to an aromatic ring is 1. The second-order valence-corrected chi connectivity index (χ2v) is 4.83. The summed E-state index contributed by atoms with van der Waals surface area (Å²) in [6, 6.07) is 3.68. The number of hydrogen-bond donors (Lipinski definition) is 2. The van der Waals surface area contributed by atoms with Crippen molar-refractivity contribution < 1.29 is 0 Å². The summed E-state index contributed by atoms with van der Waals surface area (Å²) in [5, 5.41) is 11.2. The zero-order valence-electron chi connectivity index (χ0n) is 8.74. The fourth-order valence-corrected chi connectivity index (χ4v) is 2.29. The van der Waals surface area contributed by atoms with Crippen molar-refractivity contribution in [1.82, 2.24) is 10.2 Å². The van der Waals surface area contributed by atoms with Gasteiger partial charge < -0.3 is 11.1 Å². The van der Waals surface area contributed by atoms with E-state index in [2.05, 4.69) is 15.5 Å². The van der Waals surface area contributed by atoms with E-state index in [1.54, 1.807) is 6.07 Å². The van der Waals surface area contributed by atoms with Gasteiger partial charge in [0.1, 0.15) is 11.6 Å². The van der Waals surface area contributed by atoms with E-state index in [-0.39, 0.29) is 0 Å². The SMILES string of the molecule is Nc1ccc(NCC2(C3CC3)CC2)nn1. The predicted molar refractivity (Wildman–Crippen MR) is 59.3 cm³/mol. The molecular weight excluding hydrogens is 188 g/mol. The number of hydrogen-bond acceptors (Lipinski definition) is 4. The lowest BCUT2D eigenvalue weighted by Gasteiger charge is -2.14. The fourth-order valence-electron chi connectivity index (χ4n) is 2.29. The topological polar surface area (TPSA) is 63.8 Å². The van der Waals surface area contributed by atoms with Crippen LogP contribution >= 0.6 is 0 Å². The molecule has 0 amide bonds. The Morgan fingerprint density at radius 3 is 2.67 bits per heavy atom. The van der Waals surface area contributed by atoms with Crippen LogP contribution in [0.1, 0.15) is 25.7 Å². The van der Waals surface area contributed by atoms with E-state index >= 15 is 0 Å². The second-order valence-electron chi connectivity index (χ2n) is 4.83. The lowest BCUT2D eigenvalue weighted by molar-refractivity contribution is 0.466. The first-order valence-corrected chi connectivity index (χ1v) is 5.62. The summed E-state index contributed by atoms with van der Waals surface area (Å²) in [7, 11) is 0. The first-order valence-electron chi connectivity index (χ1n) is 5.62. The Bertz CT molecular complexity index is 351. The van der Waals surface area contributed by atoms with Crippen molar-refractivity contribution in [1.29, 1.82) is 0 Å². The Morgan fingerprint density at radius 2 is 2.13 bits per heavy atom. The minimum Gasteiger partial charge on any atom is -0.382 e. The Kier molecular flexibility index (Phi) is 1.84. The molecular formula is C11H16N4.